The molecular weight excluding hydrogens is 326 g/mol. The van der Waals surface area contributed by atoms with Crippen LogP contribution in [0.5, 0.6) is 0 Å². The molecule has 0 saturated heterocycles. The van der Waals surface area contributed by atoms with Crippen LogP contribution in [-0.4, -0.2) is 16.8 Å². The van der Waals surface area contributed by atoms with Gasteiger partial charge in [0.25, 0.3) is 0 Å². The van der Waals surface area contributed by atoms with Gasteiger partial charge < -0.3 is 10.6 Å². The van der Waals surface area contributed by atoms with Crippen LogP contribution in [0.1, 0.15) is 37.0 Å². The summed E-state index contributed by atoms with van der Waals surface area (Å²) in [5.74, 6) is -0.584. The summed E-state index contributed by atoms with van der Waals surface area (Å²) in [6, 6.07) is 9.86. The first-order chi connectivity index (χ1) is 12.6. The van der Waals surface area contributed by atoms with E-state index in [2.05, 4.69) is 29.5 Å². The SMILES string of the molecule is CCc1cccc(CC)c1NC(=O)C1CC1C(=O)NCc1cccnc1. The third kappa shape index (κ3) is 4.10. The third-order valence-electron chi connectivity index (χ3n) is 4.90. The molecule has 0 radical (unpaired) electrons. The van der Waals surface area contributed by atoms with Gasteiger partial charge in [-0.25, -0.2) is 0 Å². The highest BCUT2D eigenvalue weighted by atomic mass is 16.2. The highest BCUT2D eigenvalue weighted by molar-refractivity contribution is 6.00. The van der Waals surface area contributed by atoms with E-state index < -0.39 is 0 Å². The van der Waals surface area contributed by atoms with Crippen molar-refractivity contribution in [3.63, 3.8) is 0 Å². The van der Waals surface area contributed by atoms with Gasteiger partial charge in [-0.1, -0.05) is 38.1 Å². The number of rotatable bonds is 7. The van der Waals surface area contributed by atoms with Crippen molar-refractivity contribution in [1.82, 2.24) is 10.3 Å². The van der Waals surface area contributed by atoms with Crippen LogP contribution in [0.15, 0.2) is 42.7 Å². The van der Waals surface area contributed by atoms with E-state index in [1.807, 2.05) is 30.3 Å². The second-order valence-electron chi connectivity index (χ2n) is 6.68. The fourth-order valence-electron chi connectivity index (χ4n) is 3.22. The molecule has 1 fully saturated rings. The predicted octanol–water partition coefficient (Wildman–Crippen LogP) is 3.10. The lowest BCUT2D eigenvalue weighted by Gasteiger charge is -2.14. The highest BCUT2D eigenvalue weighted by Crippen LogP contribution is 2.40. The molecule has 136 valence electrons. The van der Waals surface area contributed by atoms with Crippen LogP contribution in [0.25, 0.3) is 0 Å². The van der Waals surface area contributed by atoms with Gasteiger partial charge in [-0.15, -0.1) is 0 Å². The number of aryl methyl sites for hydroxylation is 2. The Balaban J connectivity index is 1.57. The van der Waals surface area contributed by atoms with Gasteiger partial charge in [-0.3, -0.25) is 14.6 Å². The molecule has 1 aliphatic rings. The van der Waals surface area contributed by atoms with Crippen molar-refractivity contribution < 1.29 is 9.59 Å². The molecule has 2 amide bonds. The van der Waals surface area contributed by atoms with Crippen LogP contribution in [-0.2, 0) is 29.0 Å². The zero-order valence-corrected chi connectivity index (χ0v) is 15.3. The molecular formula is C21H25N3O2. The highest BCUT2D eigenvalue weighted by Gasteiger charge is 2.48. The van der Waals surface area contributed by atoms with Crippen LogP contribution in [0, 0.1) is 11.8 Å². The molecule has 5 nitrogen and oxygen atoms in total. The van der Waals surface area contributed by atoms with Gasteiger partial charge in [0.1, 0.15) is 0 Å². The summed E-state index contributed by atoms with van der Waals surface area (Å²) in [6.07, 6.45) is 5.77. The first-order valence-electron chi connectivity index (χ1n) is 9.22. The summed E-state index contributed by atoms with van der Waals surface area (Å²) in [5.41, 5.74) is 4.14. The number of nitrogens with one attached hydrogen (secondary N) is 2. The fraction of sp³-hybridized carbons (Fsp3) is 0.381. The van der Waals surface area contributed by atoms with Crippen molar-refractivity contribution in [2.75, 3.05) is 5.32 Å². The molecule has 0 bridgehead atoms. The first kappa shape index (κ1) is 18.1. The maximum Gasteiger partial charge on any atom is 0.228 e. The van der Waals surface area contributed by atoms with Gasteiger partial charge in [0, 0.05) is 24.6 Å². The van der Waals surface area contributed by atoms with Gasteiger partial charge in [-0.2, -0.15) is 0 Å². The Morgan fingerprint density at radius 1 is 1.04 bits per heavy atom. The number of hydrogen-bond donors (Lipinski definition) is 2. The number of carbonyl (C=O) groups is 2. The molecule has 2 N–H and O–H groups in total. The molecule has 26 heavy (non-hydrogen) atoms. The summed E-state index contributed by atoms with van der Waals surface area (Å²) in [7, 11) is 0. The van der Waals surface area contributed by atoms with Crippen molar-refractivity contribution in [3.8, 4) is 0 Å². The Morgan fingerprint density at radius 2 is 1.73 bits per heavy atom. The number of anilines is 1. The van der Waals surface area contributed by atoms with Gasteiger partial charge in [0.2, 0.25) is 11.8 Å². The Hall–Kier alpha value is -2.69. The lowest BCUT2D eigenvalue weighted by molar-refractivity contribution is -0.125. The largest absolute Gasteiger partial charge is 0.352 e. The monoisotopic (exact) mass is 351 g/mol. The molecule has 1 saturated carbocycles. The zero-order chi connectivity index (χ0) is 18.5. The van der Waals surface area contributed by atoms with E-state index in [0.717, 1.165) is 35.2 Å². The Morgan fingerprint density at radius 3 is 2.35 bits per heavy atom. The zero-order valence-electron chi connectivity index (χ0n) is 15.3. The summed E-state index contributed by atoms with van der Waals surface area (Å²) < 4.78 is 0. The molecule has 0 spiro atoms. The Bertz CT molecular complexity index is 767. The average Bonchev–Trinajstić information content (AvgIpc) is 3.48. The van der Waals surface area contributed by atoms with E-state index in [0.29, 0.717) is 13.0 Å². The molecule has 5 heteroatoms. The second-order valence-corrected chi connectivity index (χ2v) is 6.68. The number of hydrogen-bond acceptors (Lipinski definition) is 3. The maximum absolute atomic E-state index is 12.6. The normalized spacial score (nSPS) is 18.2. The minimum absolute atomic E-state index is 0.0536. The molecule has 3 rings (SSSR count). The molecule has 0 aliphatic heterocycles. The van der Waals surface area contributed by atoms with Crippen molar-refractivity contribution in [2.24, 2.45) is 11.8 Å². The van der Waals surface area contributed by atoms with Crippen LogP contribution in [0.2, 0.25) is 0 Å². The van der Waals surface area contributed by atoms with Crippen LogP contribution in [0.4, 0.5) is 5.69 Å². The number of nitrogens with zero attached hydrogens (tertiary/aromatic N) is 1. The predicted molar refractivity (Wildman–Crippen MR) is 102 cm³/mol. The summed E-state index contributed by atoms with van der Waals surface area (Å²) in [6.45, 7) is 4.60. The van der Waals surface area contributed by atoms with Gasteiger partial charge in [0.05, 0.1) is 11.8 Å². The minimum atomic E-state index is -0.237. The van der Waals surface area contributed by atoms with E-state index in [1.165, 1.54) is 0 Å². The molecule has 1 heterocycles. The smallest absolute Gasteiger partial charge is 0.228 e. The first-order valence-corrected chi connectivity index (χ1v) is 9.22. The lowest BCUT2D eigenvalue weighted by Crippen LogP contribution is -2.27. The fourth-order valence-corrected chi connectivity index (χ4v) is 3.22. The van der Waals surface area contributed by atoms with Gasteiger partial charge in [-0.05, 0) is 42.0 Å². The molecule has 1 aliphatic carbocycles. The van der Waals surface area contributed by atoms with E-state index >= 15 is 0 Å². The Labute approximate surface area is 154 Å². The Kier molecular flexibility index (Phi) is 5.66. The number of carbonyl (C=O) groups excluding carboxylic acids is 2. The van der Waals surface area contributed by atoms with Crippen LogP contribution >= 0.6 is 0 Å². The number of aromatic nitrogens is 1. The van der Waals surface area contributed by atoms with E-state index in [4.69, 9.17) is 0 Å². The number of benzene rings is 1. The number of para-hydroxylation sites is 1. The van der Waals surface area contributed by atoms with E-state index in [1.54, 1.807) is 12.4 Å². The molecule has 2 unspecified atom stereocenters. The lowest BCUT2D eigenvalue weighted by atomic mass is 10.0. The van der Waals surface area contributed by atoms with Crippen molar-refractivity contribution in [1.29, 1.82) is 0 Å². The second kappa shape index (κ2) is 8.13. The van der Waals surface area contributed by atoms with Gasteiger partial charge in [0.15, 0.2) is 0 Å². The maximum atomic E-state index is 12.6. The minimum Gasteiger partial charge on any atom is -0.352 e. The average molecular weight is 351 g/mol. The molecule has 1 aromatic heterocycles. The van der Waals surface area contributed by atoms with E-state index in [9.17, 15) is 9.59 Å². The summed E-state index contributed by atoms with van der Waals surface area (Å²) >= 11 is 0. The topological polar surface area (TPSA) is 71.1 Å². The quantitative estimate of drug-likeness (QED) is 0.805. The summed E-state index contributed by atoms with van der Waals surface area (Å²) in [4.78, 5) is 28.9. The molecule has 2 atom stereocenters. The van der Waals surface area contributed by atoms with Crippen molar-refractivity contribution in [2.45, 2.75) is 39.7 Å². The molecule has 2 aromatic rings. The number of amides is 2. The third-order valence-corrected chi connectivity index (χ3v) is 4.90. The molecule has 1 aromatic carbocycles. The number of pyridine rings is 1. The van der Waals surface area contributed by atoms with Crippen molar-refractivity contribution >= 4 is 17.5 Å². The van der Waals surface area contributed by atoms with Crippen LogP contribution in [0.3, 0.4) is 0 Å². The van der Waals surface area contributed by atoms with E-state index in [-0.39, 0.29) is 23.7 Å². The standard InChI is InChI=1S/C21H25N3O2/c1-3-15-8-5-9-16(4-2)19(15)24-21(26)18-11-17(18)20(25)23-13-14-7-6-10-22-12-14/h5-10,12,17-18H,3-4,11,13H2,1-2H3,(H,23,25)(H,24,26). The van der Waals surface area contributed by atoms with Crippen LogP contribution < -0.4 is 10.6 Å². The van der Waals surface area contributed by atoms with Crippen molar-refractivity contribution in [3.05, 3.63) is 59.4 Å². The summed E-state index contributed by atoms with van der Waals surface area (Å²) in [5, 5.41) is 5.97. The van der Waals surface area contributed by atoms with Gasteiger partial charge >= 0.3 is 0 Å².